The molecule has 0 saturated carbocycles. The molecular weight excluding hydrogens is 625 g/mol. The van der Waals surface area contributed by atoms with E-state index in [2.05, 4.69) is 20.9 Å². The molecule has 0 aliphatic rings. The summed E-state index contributed by atoms with van der Waals surface area (Å²) >= 11 is 0. The molecule has 13 heteroatoms. The quantitative estimate of drug-likeness (QED) is 0.0829. The number of phenolic OH excluding ortho intramolecular Hbond substituents is 1. The number of amides is 2. The number of aromatic hydroxyl groups is 1. The predicted octanol–water partition coefficient (Wildman–Crippen LogP) is 6.65. The smallest absolute Gasteiger partial charge is 0.294 e. The van der Waals surface area contributed by atoms with Gasteiger partial charge in [0.25, 0.3) is 21.9 Å². The number of hydrogen-bond donors (Lipinski definition) is 4. The zero-order valence-corrected chi connectivity index (χ0v) is 27.2. The fourth-order valence-electron chi connectivity index (χ4n) is 4.34. The zero-order chi connectivity index (χ0) is 31.4. The minimum absolute atomic E-state index is 0. The first-order chi connectivity index (χ1) is 21.0. The van der Waals surface area contributed by atoms with Crippen LogP contribution in [0.3, 0.4) is 0 Å². The van der Waals surface area contributed by atoms with Gasteiger partial charge in [0.05, 0.1) is 23.3 Å². The van der Waals surface area contributed by atoms with Gasteiger partial charge in [0, 0.05) is 60.1 Å². The van der Waals surface area contributed by atoms with Crippen molar-refractivity contribution in [2.45, 2.75) is 11.8 Å². The number of phenols is 1. The van der Waals surface area contributed by atoms with Crippen LogP contribution in [-0.2, 0) is 10.1 Å². The molecular formula is C32H26CaN4O7S. The summed E-state index contributed by atoms with van der Waals surface area (Å²) in [5, 5.41) is 26.5. The number of anilines is 2. The normalized spacial score (nSPS) is 11.2. The number of benzene rings is 5. The molecule has 4 N–H and O–H groups in total. The second-order valence-electron chi connectivity index (χ2n) is 9.68. The number of carbonyl (C=O) groups excluding carboxylic acids is 2. The Morgan fingerprint density at radius 3 is 2.07 bits per heavy atom. The van der Waals surface area contributed by atoms with E-state index in [1.807, 2.05) is 0 Å². The molecule has 224 valence electrons. The molecule has 0 aliphatic heterocycles. The molecule has 45 heavy (non-hydrogen) atoms. The molecule has 0 aliphatic carbocycles. The number of azo groups is 1. The number of ether oxygens (including phenoxy) is 1. The number of carbonyl (C=O) groups is 2. The van der Waals surface area contributed by atoms with E-state index < -0.39 is 21.9 Å². The molecule has 2 amide bonds. The molecule has 0 atom stereocenters. The van der Waals surface area contributed by atoms with Gasteiger partial charge in [-0.2, -0.15) is 13.5 Å². The predicted molar refractivity (Wildman–Crippen MR) is 172 cm³/mol. The van der Waals surface area contributed by atoms with E-state index in [9.17, 15) is 23.1 Å². The van der Waals surface area contributed by atoms with E-state index in [1.165, 1.54) is 30.3 Å². The minimum atomic E-state index is -4.36. The third kappa shape index (κ3) is 7.85. The van der Waals surface area contributed by atoms with Gasteiger partial charge in [-0.25, -0.2) is 0 Å². The van der Waals surface area contributed by atoms with E-state index in [0.717, 1.165) is 0 Å². The van der Waals surface area contributed by atoms with E-state index in [0.29, 0.717) is 39.1 Å². The molecule has 0 bridgehead atoms. The Labute approximate surface area is 288 Å². The van der Waals surface area contributed by atoms with Crippen molar-refractivity contribution in [2.24, 2.45) is 10.2 Å². The summed E-state index contributed by atoms with van der Waals surface area (Å²) in [4.78, 5) is 25.8. The maximum absolute atomic E-state index is 13.2. The van der Waals surface area contributed by atoms with Crippen molar-refractivity contribution in [3.63, 3.8) is 0 Å². The van der Waals surface area contributed by atoms with Gasteiger partial charge in [0.1, 0.15) is 11.4 Å². The summed E-state index contributed by atoms with van der Waals surface area (Å²) in [5.41, 5.74) is 2.18. The standard InChI is InChI=1S/C32H26N4O7S.Ca/c1-19-7-8-21(31(38)33-23-11-15-25(16-12-23)44(40,41)42)18-28(19)35-36-29-26-6-4-3-5-20(26)17-27(30(29)37)32(39)34-22-9-13-24(43-2)14-10-22;/h3-18,37H,1-2H3,(H,33,38)(H,34,39)(H,40,41,42);. The number of hydrogen-bond acceptors (Lipinski definition) is 8. The van der Waals surface area contributed by atoms with Crippen molar-refractivity contribution in [1.82, 2.24) is 0 Å². The Morgan fingerprint density at radius 2 is 1.42 bits per heavy atom. The number of methoxy groups -OCH3 is 1. The molecule has 5 rings (SSSR count). The second kappa shape index (κ2) is 14.2. The van der Waals surface area contributed by atoms with Crippen molar-refractivity contribution in [2.75, 3.05) is 17.7 Å². The Bertz CT molecular complexity index is 2030. The first-order valence-electron chi connectivity index (χ1n) is 13.1. The monoisotopic (exact) mass is 650 g/mol. The average molecular weight is 651 g/mol. The molecule has 0 aromatic heterocycles. The van der Waals surface area contributed by atoms with Crippen molar-refractivity contribution in [1.29, 1.82) is 0 Å². The SMILES string of the molecule is COc1ccc(NC(=O)c2cc3ccccc3c(N=Nc3cc(C(=O)Nc4ccc(S(=O)(=O)O)cc4)ccc3C)c2O)cc1.[Ca]. The molecule has 11 nitrogen and oxygen atoms in total. The summed E-state index contributed by atoms with van der Waals surface area (Å²) in [5.74, 6) is -0.773. The summed E-state index contributed by atoms with van der Waals surface area (Å²) in [6.45, 7) is 1.78. The van der Waals surface area contributed by atoms with Crippen LogP contribution < -0.4 is 15.4 Å². The third-order valence-corrected chi connectivity index (χ3v) is 7.59. The van der Waals surface area contributed by atoms with Crippen LogP contribution in [0.1, 0.15) is 26.3 Å². The van der Waals surface area contributed by atoms with Gasteiger partial charge in [-0.05, 0) is 84.6 Å². The van der Waals surface area contributed by atoms with Crippen molar-refractivity contribution < 1.29 is 32.4 Å². The number of fused-ring (bicyclic) bond motifs is 1. The Kier molecular flexibility index (Phi) is 10.6. The number of aryl methyl sites for hydroxylation is 1. The molecule has 0 spiro atoms. The van der Waals surface area contributed by atoms with Crippen molar-refractivity contribution >= 4 is 93.2 Å². The summed E-state index contributed by atoms with van der Waals surface area (Å²) in [7, 11) is -2.82. The van der Waals surface area contributed by atoms with Crippen LogP contribution in [0.2, 0.25) is 0 Å². The third-order valence-electron chi connectivity index (χ3n) is 6.73. The molecule has 0 saturated heterocycles. The van der Waals surface area contributed by atoms with Crippen LogP contribution in [0.15, 0.2) is 112 Å². The van der Waals surface area contributed by atoms with Gasteiger partial charge in [0.2, 0.25) is 0 Å². The van der Waals surface area contributed by atoms with Crippen molar-refractivity contribution in [3.8, 4) is 11.5 Å². The summed E-state index contributed by atoms with van der Waals surface area (Å²) in [6, 6.07) is 25.3. The van der Waals surface area contributed by atoms with Crippen LogP contribution in [0.5, 0.6) is 11.5 Å². The fourth-order valence-corrected chi connectivity index (χ4v) is 4.82. The van der Waals surface area contributed by atoms with Crippen molar-refractivity contribution in [3.05, 3.63) is 114 Å². The van der Waals surface area contributed by atoms with Crippen LogP contribution in [0, 0.1) is 6.92 Å². The van der Waals surface area contributed by atoms with E-state index in [-0.39, 0.29) is 65.2 Å². The molecule has 2 radical (unpaired) electrons. The largest absolute Gasteiger partial charge is 0.505 e. The number of rotatable bonds is 8. The maximum Gasteiger partial charge on any atom is 0.294 e. The van der Waals surface area contributed by atoms with Crippen LogP contribution in [0.4, 0.5) is 22.7 Å². The van der Waals surface area contributed by atoms with Gasteiger partial charge in [0.15, 0.2) is 5.75 Å². The Hall–Kier alpha value is -4.33. The Balaban J connectivity index is 0.00000461. The van der Waals surface area contributed by atoms with Gasteiger partial charge in [-0.15, -0.1) is 5.11 Å². The van der Waals surface area contributed by atoms with E-state index >= 15 is 0 Å². The Morgan fingerprint density at radius 1 is 0.800 bits per heavy atom. The second-order valence-corrected chi connectivity index (χ2v) is 11.1. The summed E-state index contributed by atoms with van der Waals surface area (Å²) in [6.07, 6.45) is 0. The van der Waals surface area contributed by atoms with E-state index in [1.54, 1.807) is 80.8 Å². The van der Waals surface area contributed by atoms with E-state index in [4.69, 9.17) is 9.29 Å². The first kappa shape index (κ1) is 33.6. The topological polar surface area (TPSA) is 167 Å². The van der Waals surface area contributed by atoms with Crippen LogP contribution >= 0.6 is 0 Å². The molecule has 0 fully saturated rings. The molecule has 5 aromatic rings. The van der Waals surface area contributed by atoms with Crippen LogP contribution in [-0.4, -0.2) is 74.7 Å². The molecule has 5 aromatic carbocycles. The molecule has 0 unspecified atom stereocenters. The number of nitrogens with one attached hydrogen (secondary N) is 2. The fraction of sp³-hybridized carbons (Fsp3) is 0.0625. The zero-order valence-electron chi connectivity index (χ0n) is 24.2. The average Bonchev–Trinajstić information content (AvgIpc) is 3.01. The number of nitrogens with zero attached hydrogens (tertiary/aromatic N) is 2. The van der Waals surface area contributed by atoms with Gasteiger partial charge >= 0.3 is 0 Å². The summed E-state index contributed by atoms with van der Waals surface area (Å²) < 4.78 is 36.8. The minimum Gasteiger partial charge on any atom is -0.505 e. The van der Waals surface area contributed by atoms with Gasteiger partial charge in [-0.1, -0.05) is 30.3 Å². The maximum atomic E-state index is 13.2. The van der Waals surface area contributed by atoms with Gasteiger partial charge in [-0.3, -0.25) is 14.1 Å². The van der Waals surface area contributed by atoms with Crippen LogP contribution in [0.25, 0.3) is 10.8 Å². The first-order valence-corrected chi connectivity index (χ1v) is 14.6. The van der Waals surface area contributed by atoms with Gasteiger partial charge < -0.3 is 20.5 Å². The molecule has 0 heterocycles.